The Morgan fingerprint density at radius 1 is 1.30 bits per heavy atom. The molecule has 0 aliphatic carbocycles. The number of fused-ring (bicyclic) bond motifs is 1. The van der Waals surface area contributed by atoms with Crippen molar-refractivity contribution in [3.63, 3.8) is 0 Å². The summed E-state index contributed by atoms with van der Waals surface area (Å²) in [5, 5.41) is 5.67. The van der Waals surface area contributed by atoms with E-state index in [1.165, 1.54) is 17.8 Å². The molecule has 1 aliphatic rings. The summed E-state index contributed by atoms with van der Waals surface area (Å²) >= 11 is 1.49. The van der Waals surface area contributed by atoms with Gasteiger partial charge in [0.05, 0.1) is 6.04 Å². The fourth-order valence-electron chi connectivity index (χ4n) is 2.55. The van der Waals surface area contributed by atoms with Crippen LogP contribution in [-0.4, -0.2) is 11.8 Å². The predicted molar refractivity (Wildman–Crippen MR) is 91.0 cm³/mol. The average molecular weight is 326 g/mol. The normalized spacial score (nSPS) is 16.1. The largest absolute Gasteiger partial charge is 0.331 e. The first kappa shape index (κ1) is 15.4. The second-order valence-corrected chi connectivity index (χ2v) is 6.28. The number of carbonyl (C=O) groups is 1. The lowest BCUT2D eigenvalue weighted by atomic mass is 10.0. The number of hydrogen-bond acceptors (Lipinski definition) is 2. The van der Waals surface area contributed by atoms with Crippen LogP contribution in [0.3, 0.4) is 0 Å². The molecule has 0 bridgehead atoms. The number of halogens is 1. The first-order valence-electron chi connectivity index (χ1n) is 7.23. The van der Waals surface area contributed by atoms with Gasteiger partial charge in [-0.25, -0.2) is 9.18 Å². The van der Waals surface area contributed by atoms with Gasteiger partial charge in [0.25, 0.3) is 0 Å². The minimum Gasteiger partial charge on any atom is -0.331 e. The quantitative estimate of drug-likeness (QED) is 0.814. The molecule has 23 heavy (non-hydrogen) atoms. The standard InChI is InChI=1S/C18H15FN2OS/c1-2-12-5-3-6-13(11-12)20-18(22)21-16-9-10-23-17-14(16)7-4-8-15(17)19/h1,3-8,11,16H,9-10H2,(H2,20,21,22). The number of anilines is 1. The highest BCUT2D eigenvalue weighted by atomic mass is 32.2. The summed E-state index contributed by atoms with van der Waals surface area (Å²) in [6.45, 7) is 0. The third-order valence-corrected chi connectivity index (χ3v) is 4.78. The molecule has 2 amide bonds. The zero-order valence-electron chi connectivity index (χ0n) is 12.3. The van der Waals surface area contributed by atoms with E-state index >= 15 is 0 Å². The first-order chi connectivity index (χ1) is 11.2. The maximum atomic E-state index is 13.8. The highest BCUT2D eigenvalue weighted by Crippen LogP contribution is 2.37. The Bertz CT molecular complexity index is 785. The molecule has 1 unspecified atom stereocenters. The van der Waals surface area contributed by atoms with Gasteiger partial charge >= 0.3 is 6.03 Å². The van der Waals surface area contributed by atoms with Crippen LogP contribution in [0.5, 0.6) is 0 Å². The van der Waals surface area contributed by atoms with Crippen LogP contribution in [0.25, 0.3) is 0 Å². The van der Waals surface area contributed by atoms with Crippen molar-refractivity contribution in [3.8, 4) is 12.3 Å². The molecule has 3 rings (SSSR count). The maximum absolute atomic E-state index is 13.8. The Hall–Kier alpha value is -2.45. The Labute approximate surface area is 138 Å². The van der Waals surface area contributed by atoms with E-state index in [4.69, 9.17) is 6.42 Å². The summed E-state index contributed by atoms with van der Waals surface area (Å²) in [4.78, 5) is 12.8. The molecule has 2 aromatic carbocycles. The summed E-state index contributed by atoms with van der Waals surface area (Å²) < 4.78 is 13.8. The minimum atomic E-state index is -0.328. The van der Waals surface area contributed by atoms with E-state index in [0.29, 0.717) is 16.1 Å². The molecular weight excluding hydrogens is 311 g/mol. The molecule has 0 aromatic heterocycles. The summed E-state index contributed by atoms with van der Waals surface area (Å²) in [6.07, 6.45) is 6.11. The Balaban J connectivity index is 1.72. The molecule has 0 saturated carbocycles. The van der Waals surface area contributed by atoms with E-state index in [1.807, 2.05) is 6.07 Å². The van der Waals surface area contributed by atoms with Crippen molar-refractivity contribution < 1.29 is 9.18 Å². The molecule has 0 saturated heterocycles. The Morgan fingerprint density at radius 2 is 2.13 bits per heavy atom. The summed E-state index contributed by atoms with van der Waals surface area (Å²) in [6, 6.07) is 11.5. The van der Waals surface area contributed by atoms with Crippen LogP contribution in [0.4, 0.5) is 14.9 Å². The number of benzene rings is 2. The van der Waals surface area contributed by atoms with Crippen molar-refractivity contribution in [2.75, 3.05) is 11.1 Å². The third-order valence-electron chi connectivity index (χ3n) is 3.62. The lowest BCUT2D eigenvalue weighted by Gasteiger charge is -2.26. The second kappa shape index (κ2) is 6.76. The number of nitrogens with one attached hydrogen (secondary N) is 2. The van der Waals surface area contributed by atoms with E-state index in [0.717, 1.165) is 17.7 Å². The minimum absolute atomic E-state index is 0.197. The molecule has 0 fully saturated rings. The van der Waals surface area contributed by atoms with Crippen LogP contribution in [0.15, 0.2) is 47.4 Å². The lowest BCUT2D eigenvalue weighted by Crippen LogP contribution is -2.34. The van der Waals surface area contributed by atoms with E-state index < -0.39 is 0 Å². The highest BCUT2D eigenvalue weighted by molar-refractivity contribution is 7.99. The predicted octanol–water partition coefficient (Wildman–Crippen LogP) is 4.17. The topological polar surface area (TPSA) is 41.1 Å². The van der Waals surface area contributed by atoms with Gasteiger partial charge in [-0.05, 0) is 36.2 Å². The molecule has 2 N–H and O–H groups in total. The first-order valence-corrected chi connectivity index (χ1v) is 8.21. The van der Waals surface area contributed by atoms with Gasteiger partial charge in [0.1, 0.15) is 5.82 Å². The molecule has 3 nitrogen and oxygen atoms in total. The number of urea groups is 1. The molecule has 0 radical (unpaired) electrons. The van der Waals surface area contributed by atoms with Gasteiger partial charge in [0.15, 0.2) is 0 Å². The molecule has 5 heteroatoms. The van der Waals surface area contributed by atoms with Crippen LogP contribution in [0.2, 0.25) is 0 Å². The zero-order chi connectivity index (χ0) is 16.2. The number of terminal acetylenes is 1. The SMILES string of the molecule is C#Cc1cccc(NC(=O)NC2CCSc3c(F)cccc32)c1. The van der Waals surface area contributed by atoms with Gasteiger partial charge in [0, 0.05) is 21.9 Å². The number of rotatable bonds is 2. The van der Waals surface area contributed by atoms with Gasteiger partial charge < -0.3 is 10.6 Å². The average Bonchev–Trinajstić information content (AvgIpc) is 2.56. The number of hydrogen-bond donors (Lipinski definition) is 2. The van der Waals surface area contributed by atoms with E-state index in [9.17, 15) is 9.18 Å². The summed E-state index contributed by atoms with van der Waals surface area (Å²) in [7, 11) is 0. The summed E-state index contributed by atoms with van der Waals surface area (Å²) in [5.41, 5.74) is 2.15. The van der Waals surface area contributed by atoms with Gasteiger partial charge in [0.2, 0.25) is 0 Å². The number of amides is 2. The van der Waals surface area contributed by atoms with Crippen molar-refractivity contribution in [1.82, 2.24) is 5.32 Å². The van der Waals surface area contributed by atoms with Gasteiger partial charge in [-0.15, -0.1) is 18.2 Å². The molecular formula is C18H15FN2OS. The fourth-order valence-corrected chi connectivity index (χ4v) is 3.69. The van der Waals surface area contributed by atoms with E-state index in [-0.39, 0.29) is 17.9 Å². The van der Waals surface area contributed by atoms with Crippen molar-refractivity contribution >= 4 is 23.5 Å². The molecule has 1 aliphatic heterocycles. The van der Waals surface area contributed by atoms with Crippen LogP contribution in [-0.2, 0) is 0 Å². The maximum Gasteiger partial charge on any atom is 0.319 e. The van der Waals surface area contributed by atoms with Crippen molar-refractivity contribution in [3.05, 3.63) is 59.4 Å². The Kier molecular flexibility index (Phi) is 4.54. The monoisotopic (exact) mass is 326 g/mol. The van der Waals surface area contributed by atoms with E-state index in [1.54, 1.807) is 30.3 Å². The van der Waals surface area contributed by atoms with Crippen LogP contribution < -0.4 is 10.6 Å². The van der Waals surface area contributed by atoms with E-state index in [2.05, 4.69) is 16.6 Å². The summed E-state index contributed by atoms with van der Waals surface area (Å²) in [5.74, 6) is 3.06. The smallest absolute Gasteiger partial charge is 0.319 e. The van der Waals surface area contributed by atoms with Crippen LogP contribution >= 0.6 is 11.8 Å². The van der Waals surface area contributed by atoms with Gasteiger partial charge in [-0.2, -0.15) is 0 Å². The number of carbonyl (C=O) groups excluding carboxylic acids is 1. The van der Waals surface area contributed by atoms with Gasteiger partial charge in [-0.3, -0.25) is 0 Å². The molecule has 1 heterocycles. The van der Waals surface area contributed by atoms with Crippen molar-refractivity contribution in [1.29, 1.82) is 0 Å². The third kappa shape index (κ3) is 3.49. The molecule has 116 valence electrons. The number of thioether (sulfide) groups is 1. The lowest BCUT2D eigenvalue weighted by molar-refractivity contribution is 0.248. The molecule has 1 atom stereocenters. The van der Waals surface area contributed by atoms with Gasteiger partial charge in [-0.1, -0.05) is 24.1 Å². The molecule has 0 spiro atoms. The van der Waals surface area contributed by atoms with Crippen molar-refractivity contribution in [2.45, 2.75) is 17.4 Å². The fraction of sp³-hybridized carbons (Fsp3) is 0.167. The Morgan fingerprint density at radius 3 is 2.96 bits per heavy atom. The van der Waals surface area contributed by atoms with Crippen molar-refractivity contribution in [2.24, 2.45) is 0 Å². The zero-order valence-corrected chi connectivity index (χ0v) is 13.1. The highest BCUT2D eigenvalue weighted by Gasteiger charge is 2.24. The van der Waals surface area contributed by atoms with Crippen LogP contribution in [0.1, 0.15) is 23.6 Å². The second-order valence-electron chi connectivity index (χ2n) is 5.17. The van der Waals surface area contributed by atoms with Crippen LogP contribution in [0, 0.1) is 18.2 Å². The molecule has 2 aromatic rings.